The largest absolute Gasteiger partial charge is 0.370 e. The summed E-state index contributed by atoms with van der Waals surface area (Å²) in [5.74, 6) is 1.41. The third-order valence-electron chi connectivity index (χ3n) is 3.22. The predicted molar refractivity (Wildman–Crippen MR) is 68.2 cm³/mol. The normalized spacial score (nSPS) is 24.8. The van der Waals surface area contributed by atoms with Crippen molar-refractivity contribution in [2.75, 3.05) is 13.2 Å². The summed E-state index contributed by atoms with van der Waals surface area (Å²) in [6.07, 6.45) is 2.83. The van der Waals surface area contributed by atoms with Crippen molar-refractivity contribution in [1.82, 2.24) is 14.9 Å². The van der Waals surface area contributed by atoms with Crippen LogP contribution in [0.25, 0.3) is 0 Å². The zero-order chi connectivity index (χ0) is 12.4. The number of hydrogen-bond donors (Lipinski definition) is 1. The second-order valence-electron chi connectivity index (χ2n) is 4.90. The molecule has 1 saturated heterocycles. The number of nitrogens with zero attached hydrogens (tertiary/aromatic N) is 2. The van der Waals surface area contributed by atoms with Crippen LogP contribution in [0.2, 0.25) is 5.15 Å². The summed E-state index contributed by atoms with van der Waals surface area (Å²) in [7, 11) is 1.93. The highest BCUT2D eigenvalue weighted by Crippen LogP contribution is 2.34. The van der Waals surface area contributed by atoms with Gasteiger partial charge in [0, 0.05) is 32.2 Å². The van der Waals surface area contributed by atoms with Gasteiger partial charge in [0.05, 0.1) is 6.20 Å². The van der Waals surface area contributed by atoms with Crippen LogP contribution in [0.3, 0.4) is 0 Å². The molecule has 17 heavy (non-hydrogen) atoms. The molecule has 0 spiro atoms. The molecule has 4 nitrogen and oxygen atoms in total. The molecule has 0 radical (unpaired) electrons. The molecule has 1 fully saturated rings. The van der Waals surface area contributed by atoms with E-state index >= 15 is 0 Å². The first-order chi connectivity index (χ1) is 8.09. The van der Waals surface area contributed by atoms with E-state index in [1.54, 1.807) is 6.20 Å². The molecule has 0 aliphatic carbocycles. The highest BCUT2D eigenvalue weighted by atomic mass is 35.5. The number of imidazole rings is 1. The first-order valence-electron chi connectivity index (χ1n) is 6.11. The summed E-state index contributed by atoms with van der Waals surface area (Å²) in [6.45, 7) is 6.08. The maximum Gasteiger partial charge on any atom is 0.139 e. The summed E-state index contributed by atoms with van der Waals surface area (Å²) in [5, 5.41) is 4.12. The fraction of sp³-hybridized carbons (Fsp3) is 0.750. The third kappa shape index (κ3) is 2.81. The fourth-order valence-corrected chi connectivity index (χ4v) is 2.32. The summed E-state index contributed by atoms with van der Waals surface area (Å²) in [5.41, 5.74) is 0. The quantitative estimate of drug-likeness (QED) is 0.898. The van der Waals surface area contributed by atoms with E-state index in [0.29, 0.717) is 17.1 Å². The van der Waals surface area contributed by atoms with E-state index in [4.69, 9.17) is 16.3 Å². The monoisotopic (exact) mass is 257 g/mol. The van der Waals surface area contributed by atoms with Crippen LogP contribution in [-0.4, -0.2) is 28.7 Å². The molecule has 5 heteroatoms. The molecule has 0 saturated carbocycles. The van der Waals surface area contributed by atoms with Crippen LogP contribution < -0.4 is 5.32 Å². The minimum absolute atomic E-state index is 0.0683. The molecule has 0 aromatic carbocycles. The predicted octanol–water partition coefficient (Wildman–Crippen LogP) is 2.15. The smallest absolute Gasteiger partial charge is 0.139 e. The second kappa shape index (κ2) is 5.38. The topological polar surface area (TPSA) is 39.1 Å². The number of hydrogen-bond acceptors (Lipinski definition) is 3. The lowest BCUT2D eigenvalue weighted by molar-refractivity contribution is 0.0807. The Kier molecular flexibility index (Phi) is 4.07. The minimum Gasteiger partial charge on any atom is -0.370 e. The molecular formula is C12H20ClN3O. The molecule has 0 bridgehead atoms. The van der Waals surface area contributed by atoms with E-state index in [1.165, 1.54) is 0 Å². The van der Waals surface area contributed by atoms with Gasteiger partial charge in [-0.05, 0) is 6.42 Å². The van der Waals surface area contributed by atoms with Crippen molar-refractivity contribution >= 4 is 11.6 Å². The van der Waals surface area contributed by atoms with Crippen molar-refractivity contribution in [2.45, 2.75) is 32.4 Å². The SMILES string of the molecule is CC(C)NCC1CCOC1c1ncc(Cl)n1C. The zero-order valence-corrected chi connectivity index (χ0v) is 11.4. The first-order valence-corrected chi connectivity index (χ1v) is 6.49. The Bertz CT molecular complexity index is 378. The molecule has 1 aliphatic rings. The lowest BCUT2D eigenvalue weighted by Crippen LogP contribution is -2.30. The van der Waals surface area contributed by atoms with Crippen LogP contribution in [0, 0.1) is 5.92 Å². The Hall–Kier alpha value is -0.580. The minimum atomic E-state index is 0.0683. The van der Waals surface area contributed by atoms with Gasteiger partial charge in [-0.15, -0.1) is 0 Å². The van der Waals surface area contributed by atoms with Gasteiger partial charge in [0.25, 0.3) is 0 Å². The van der Waals surface area contributed by atoms with Crippen molar-refractivity contribution in [3.63, 3.8) is 0 Å². The summed E-state index contributed by atoms with van der Waals surface area (Å²) >= 11 is 6.01. The van der Waals surface area contributed by atoms with Gasteiger partial charge in [0.15, 0.2) is 0 Å². The van der Waals surface area contributed by atoms with E-state index < -0.39 is 0 Å². The molecule has 0 amide bonds. The average Bonchev–Trinajstić information content (AvgIpc) is 2.85. The van der Waals surface area contributed by atoms with Crippen molar-refractivity contribution in [1.29, 1.82) is 0 Å². The molecule has 2 atom stereocenters. The molecule has 2 unspecified atom stereocenters. The van der Waals surface area contributed by atoms with Gasteiger partial charge >= 0.3 is 0 Å². The van der Waals surface area contributed by atoms with E-state index in [1.807, 2.05) is 11.6 Å². The molecule has 1 aliphatic heterocycles. The van der Waals surface area contributed by atoms with Crippen molar-refractivity contribution in [3.8, 4) is 0 Å². The van der Waals surface area contributed by atoms with E-state index in [-0.39, 0.29) is 6.10 Å². The van der Waals surface area contributed by atoms with Crippen LogP contribution in [-0.2, 0) is 11.8 Å². The van der Waals surface area contributed by atoms with Gasteiger partial charge in [-0.25, -0.2) is 4.98 Å². The van der Waals surface area contributed by atoms with E-state index in [9.17, 15) is 0 Å². The molecule has 1 aromatic rings. The Morgan fingerprint density at radius 2 is 2.41 bits per heavy atom. The maximum atomic E-state index is 6.01. The van der Waals surface area contributed by atoms with Gasteiger partial charge in [0.2, 0.25) is 0 Å². The maximum absolute atomic E-state index is 6.01. The molecule has 2 rings (SSSR count). The number of aromatic nitrogens is 2. The number of ether oxygens (including phenoxy) is 1. The summed E-state index contributed by atoms with van der Waals surface area (Å²) < 4.78 is 7.70. The number of halogens is 1. The van der Waals surface area contributed by atoms with E-state index in [0.717, 1.165) is 25.4 Å². The van der Waals surface area contributed by atoms with Crippen molar-refractivity contribution < 1.29 is 4.74 Å². The first kappa shape index (κ1) is 12.9. The zero-order valence-electron chi connectivity index (χ0n) is 10.6. The van der Waals surface area contributed by atoms with Crippen LogP contribution in [0.1, 0.15) is 32.2 Å². The third-order valence-corrected chi connectivity index (χ3v) is 3.58. The molecule has 1 N–H and O–H groups in total. The molecule has 1 aromatic heterocycles. The average molecular weight is 258 g/mol. The van der Waals surface area contributed by atoms with Crippen LogP contribution in [0.4, 0.5) is 0 Å². The van der Waals surface area contributed by atoms with Crippen molar-refractivity contribution in [3.05, 3.63) is 17.2 Å². The molecule has 96 valence electrons. The Labute approximate surface area is 107 Å². The second-order valence-corrected chi connectivity index (χ2v) is 5.29. The standard InChI is InChI=1S/C12H20ClN3O/c1-8(2)14-6-9-4-5-17-11(9)12-15-7-10(13)16(12)3/h7-9,11,14H,4-6H2,1-3H3. The van der Waals surface area contributed by atoms with Gasteiger partial charge in [0.1, 0.15) is 17.1 Å². The Balaban J connectivity index is 2.06. The van der Waals surface area contributed by atoms with Crippen LogP contribution in [0.15, 0.2) is 6.20 Å². The summed E-state index contributed by atoms with van der Waals surface area (Å²) in [6, 6.07) is 0.501. The van der Waals surface area contributed by atoms with Gasteiger partial charge in [-0.3, -0.25) is 0 Å². The lowest BCUT2D eigenvalue weighted by Gasteiger charge is -2.20. The molecular weight excluding hydrogens is 238 g/mol. The Morgan fingerprint density at radius 3 is 3.00 bits per heavy atom. The van der Waals surface area contributed by atoms with Gasteiger partial charge < -0.3 is 14.6 Å². The van der Waals surface area contributed by atoms with Gasteiger partial charge in [-0.2, -0.15) is 0 Å². The van der Waals surface area contributed by atoms with Crippen LogP contribution in [0.5, 0.6) is 0 Å². The summed E-state index contributed by atoms with van der Waals surface area (Å²) in [4.78, 5) is 4.35. The number of nitrogens with one attached hydrogen (secondary N) is 1. The van der Waals surface area contributed by atoms with Crippen molar-refractivity contribution in [2.24, 2.45) is 13.0 Å². The molecule has 2 heterocycles. The highest BCUT2D eigenvalue weighted by Gasteiger charge is 2.32. The lowest BCUT2D eigenvalue weighted by atomic mass is 10.0. The van der Waals surface area contributed by atoms with E-state index in [2.05, 4.69) is 24.1 Å². The van der Waals surface area contributed by atoms with Crippen LogP contribution >= 0.6 is 11.6 Å². The van der Waals surface area contributed by atoms with Gasteiger partial charge in [-0.1, -0.05) is 25.4 Å². The number of rotatable bonds is 4. The fourth-order valence-electron chi connectivity index (χ4n) is 2.18. The highest BCUT2D eigenvalue weighted by molar-refractivity contribution is 6.29. The Morgan fingerprint density at radius 1 is 1.65 bits per heavy atom.